The van der Waals surface area contributed by atoms with E-state index in [-0.39, 0.29) is 22.9 Å². The zero-order chi connectivity index (χ0) is 15.3. The first-order valence-electron chi connectivity index (χ1n) is 6.22. The van der Waals surface area contributed by atoms with Crippen LogP contribution in [0.15, 0.2) is 12.1 Å². The van der Waals surface area contributed by atoms with Crippen molar-refractivity contribution >= 4 is 28.7 Å². The number of halogens is 1. The van der Waals surface area contributed by atoms with Crippen molar-refractivity contribution in [2.75, 3.05) is 23.9 Å². The summed E-state index contributed by atoms with van der Waals surface area (Å²) in [6, 6.07) is 2.73. The highest BCUT2D eigenvalue weighted by molar-refractivity contribution is 6.18. The number of nitro benzene ring substituents is 2. The molecule has 0 bridgehead atoms. The van der Waals surface area contributed by atoms with E-state index in [0.717, 1.165) is 0 Å². The number of benzene rings is 1. The summed E-state index contributed by atoms with van der Waals surface area (Å²) in [4.78, 5) is 22.9. The lowest BCUT2D eigenvalue weighted by Crippen LogP contribution is -2.24. The molecular formula is C12H16ClN3O4. The molecule has 7 nitrogen and oxygen atoms in total. The minimum atomic E-state index is -0.585. The Labute approximate surface area is 121 Å². The van der Waals surface area contributed by atoms with Crippen molar-refractivity contribution in [3.8, 4) is 0 Å². The van der Waals surface area contributed by atoms with Crippen molar-refractivity contribution in [1.29, 1.82) is 0 Å². The van der Waals surface area contributed by atoms with Crippen LogP contribution in [0.5, 0.6) is 0 Å². The number of alkyl halides is 1. The van der Waals surface area contributed by atoms with Crippen LogP contribution in [0.3, 0.4) is 0 Å². The molecule has 8 heteroatoms. The van der Waals surface area contributed by atoms with Gasteiger partial charge in [0.05, 0.1) is 9.85 Å². The summed E-state index contributed by atoms with van der Waals surface area (Å²) < 4.78 is 0. The van der Waals surface area contributed by atoms with Gasteiger partial charge in [-0.1, -0.05) is 0 Å². The molecule has 0 spiro atoms. The Balaban J connectivity index is 3.58. The molecule has 20 heavy (non-hydrogen) atoms. The van der Waals surface area contributed by atoms with Gasteiger partial charge in [-0.15, -0.1) is 11.6 Å². The van der Waals surface area contributed by atoms with Gasteiger partial charge in [0.1, 0.15) is 0 Å². The third-order valence-electron chi connectivity index (χ3n) is 2.99. The van der Waals surface area contributed by atoms with Gasteiger partial charge in [-0.3, -0.25) is 20.2 Å². The van der Waals surface area contributed by atoms with Crippen LogP contribution in [0.4, 0.5) is 17.1 Å². The Morgan fingerprint density at radius 1 is 1.10 bits per heavy atom. The monoisotopic (exact) mass is 301 g/mol. The fourth-order valence-corrected chi connectivity index (χ4v) is 2.27. The van der Waals surface area contributed by atoms with E-state index in [4.69, 9.17) is 11.6 Å². The summed E-state index contributed by atoms with van der Waals surface area (Å²) in [5, 5.41) is 22.4. The number of aryl methyl sites for hydroxylation is 1. The van der Waals surface area contributed by atoms with E-state index in [1.807, 2.05) is 0 Å². The smallest absolute Gasteiger partial charge is 0.299 e. The number of hydrogen-bond acceptors (Lipinski definition) is 5. The first-order valence-corrected chi connectivity index (χ1v) is 6.76. The normalized spacial score (nSPS) is 10.3. The number of rotatable bonds is 7. The third-order valence-corrected chi connectivity index (χ3v) is 3.17. The maximum absolute atomic E-state index is 11.2. The summed E-state index contributed by atoms with van der Waals surface area (Å²) in [6.45, 7) is 4.49. The van der Waals surface area contributed by atoms with Crippen molar-refractivity contribution in [2.24, 2.45) is 0 Å². The molecule has 1 aromatic rings. The van der Waals surface area contributed by atoms with Crippen molar-refractivity contribution < 1.29 is 9.85 Å². The maximum Gasteiger partial charge on any atom is 0.299 e. The number of anilines is 1. The predicted molar refractivity (Wildman–Crippen MR) is 77.7 cm³/mol. The van der Waals surface area contributed by atoms with Crippen LogP contribution in [0.2, 0.25) is 0 Å². The van der Waals surface area contributed by atoms with Gasteiger partial charge in [0.15, 0.2) is 5.69 Å². The van der Waals surface area contributed by atoms with E-state index < -0.39 is 9.85 Å². The summed E-state index contributed by atoms with van der Waals surface area (Å²) in [6.07, 6.45) is 0.349. The van der Waals surface area contributed by atoms with Gasteiger partial charge < -0.3 is 4.90 Å². The fourth-order valence-electron chi connectivity index (χ4n) is 2.06. The van der Waals surface area contributed by atoms with Crippen molar-refractivity contribution in [1.82, 2.24) is 0 Å². The molecule has 0 heterocycles. The second-order valence-corrected chi connectivity index (χ2v) is 4.49. The number of hydrogen-bond donors (Lipinski definition) is 0. The van der Waals surface area contributed by atoms with Crippen molar-refractivity contribution in [3.63, 3.8) is 0 Å². The summed E-state index contributed by atoms with van der Waals surface area (Å²) in [7, 11) is 0. The van der Waals surface area contributed by atoms with E-state index in [2.05, 4.69) is 0 Å². The minimum Gasteiger partial charge on any atom is -0.361 e. The first kappa shape index (κ1) is 16.2. The molecule has 1 rings (SSSR count). The zero-order valence-electron chi connectivity index (χ0n) is 11.3. The molecule has 0 aliphatic heterocycles. The minimum absolute atomic E-state index is 0.0586. The fraction of sp³-hybridized carbons (Fsp3) is 0.500. The molecule has 0 saturated carbocycles. The van der Waals surface area contributed by atoms with E-state index in [0.29, 0.717) is 25.1 Å². The van der Waals surface area contributed by atoms with Crippen LogP contribution in [0, 0.1) is 20.2 Å². The molecule has 0 N–H and O–H groups in total. The van der Waals surface area contributed by atoms with E-state index in [1.165, 1.54) is 12.1 Å². The summed E-state index contributed by atoms with van der Waals surface area (Å²) >= 11 is 5.61. The van der Waals surface area contributed by atoms with Crippen LogP contribution in [0.25, 0.3) is 0 Å². The summed E-state index contributed by atoms with van der Waals surface area (Å²) in [5.74, 6) is 0.249. The highest BCUT2D eigenvalue weighted by Crippen LogP contribution is 2.38. The van der Waals surface area contributed by atoms with Gasteiger partial charge >= 0.3 is 0 Å². The molecule has 0 aliphatic carbocycles. The number of nitro groups is 2. The van der Waals surface area contributed by atoms with E-state index in [9.17, 15) is 20.2 Å². The predicted octanol–water partition coefficient (Wildman–Crippen LogP) is 3.13. The lowest BCUT2D eigenvalue weighted by Gasteiger charge is -2.20. The van der Waals surface area contributed by atoms with Gasteiger partial charge in [0.2, 0.25) is 0 Å². The van der Waals surface area contributed by atoms with Crippen LogP contribution in [0.1, 0.15) is 19.4 Å². The highest BCUT2D eigenvalue weighted by atomic mass is 35.5. The molecule has 0 radical (unpaired) electrons. The molecule has 0 amide bonds. The lowest BCUT2D eigenvalue weighted by molar-refractivity contribution is -0.392. The topological polar surface area (TPSA) is 89.5 Å². The zero-order valence-corrected chi connectivity index (χ0v) is 12.1. The SMILES string of the molecule is CCN(CC)c1c([N+](=O)[O-])cc(CCCl)cc1[N+](=O)[O-]. The van der Waals surface area contributed by atoms with Crippen LogP contribution >= 0.6 is 11.6 Å². The molecule has 0 fully saturated rings. The Morgan fingerprint density at radius 2 is 1.55 bits per heavy atom. The third kappa shape index (κ3) is 3.36. The molecular weight excluding hydrogens is 286 g/mol. The molecule has 0 aromatic heterocycles. The summed E-state index contributed by atoms with van der Waals surface area (Å²) in [5.41, 5.74) is 0.0589. The van der Waals surface area contributed by atoms with Crippen molar-refractivity contribution in [3.05, 3.63) is 37.9 Å². The van der Waals surface area contributed by atoms with Gasteiger partial charge in [-0.25, -0.2) is 0 Å². The molecule has 0 atom stereocenters. The second kappa shape index (κ2) is 7.04. The van der Waals surface area contributed by atoms with Gasteiger partial charge in [-0.05, 0) is 25.8 Å². The maximum atomic E-state index is 11.2. The number of nitrogens with zero attached hydrogens (tertiary/aromatic N) is 3. The molecule has 0 unspecified atom stereocenters. The quantitative estimate of drug-likeness (QED) is 0.438. The van der Waals surface area contributed by atoms with Gasteiger partial charge in [0, 0.05) is 31.1 Å². The van der Waals surface area contributed by atoms with Crippen LogP contribution < -0.4 is 4.90 Å². The van der Waals surface area contributed by atoms with E-state index in [1.54, 1.807) is 18.7 Å². The Hall–Kier alpha value is -1.89. The average Bonchev–Trinajstić information content (AvgIpc) is 2.40. The highest BCUT2D eigenvalue weighted by Gasteiger charge is 2.29. The second-order valence-electron chi connectivity index (χ2n) is 4.11. The molecule has 110 valence electrons. The molecule has 1 aromatic carbocycles. The largest absolute Gasteiger partial charge is 0.361 e. The van der Waals surface area contributed by atoms with Crippen molar-refractivity contribution in [2.45, 2.75) is 20.3 Å². The lowest BCUT2D eigenvalue weighted by atomic mass is 10.1. The Morgan fingerprint density at radius 3 is 1.85 bits per heavy atom. The standard InChI is InChI=1S/C12H16ClN3O4/c1-3-14(4-2)12-10(15(17)18)7-9(5-6-13)8-11(12)16(19)20/h7-8H,3-6H2,1-2H3. The molecule has 0 aliphatic rings. The molecule has 0 saturated heterocycles. The van der Waals surface area contributed by atoms with E-state index >= 15 is 0 Å². The van der Waals surface area contributed by atoms with Gasteiger partial charge in [-0.2, -0.15) is 0 Å². The van der Waals surface area contributed by atoms with Crippen LogP contribution in [-0.2, 0) is 6.42 Å². The Kier molecular flexibility index (Phi) is 5.69. The van der Waals surface area contributed by atoms with Crippen LogP contribution in [-0.4, -0.2) is 28.8 Å². The first-order chi connectivity index (χ1) is 9.46. The average molecular weight is 302 g/mol. The van der Waals surface area contributed by atoms with Gasteiger partial charge in [0.25, 0.3) is 11.4 Å². The Bertz CT molecular complexity index is 482.